The van der Waals surface area contributed by atoms with Gasteiger partial charge >= 0.3 is 0 Å². The third-order valence-corrected chi connectivity index (χ3v) is 1.50. The standard InChI is InChI=1S/C5H9O2S/c1-3-5(2)4-8(6)7/h5H,3H2,1-2H3. The molecule has 0 rings (SSSR count). The van der Waals surface area contributed by atoms with E-state index in [0.29, 0.717) is 0 Å². The summed E-state index contributed by atoms with van der Waals surface area (Å²) < 4.78 is 19.7. The summed E-state index contributed by atoms with van der Waals surface area (Å²) in [6.45, 7) is 3.74. The summed E-state index contributed by atoms with van der Waals surface area (Å²) in [4.78, 5) is 0. The van der Waals surface area contributed by atoms with Crippen molar-refractivity contribution in [1.29, 1.82) is 0 Å². The Morgan fingerprint density at radius 3 is 2.25 bits per heavy atom. The van der Waals surface area contributed by atoms with Gasteiger partial charge < -0.3 is 0 Å². The second-order valence-corrected chi connectivity index (χ2v) is 2.37. The molecule has 0 aromatic heterocycles. The van der Waals surface area contributed by atoms with E-state index in [1.165, 1.54) is 0 Å². The first-order valence-electron chi connectivity index (χ1n) is 2.52. The monoisotopic (exact) mass is 133 g/mol. The Morgan fingerprint density at radius 2 is 2.12 bits per heavy atom. The van der Waals surface area contributed by atoms with E-state index in [4.69, 9.17) is 0 Å². The van der Waals surface area contributed by atoms with Crippen molar-refractivity contribution >= 4 is 15.7 Å². The Kier molecular flexibility index (Phi) is 3.52. The third-order valence-electron chi connectivity index (χ3n) is 0.910. The van der Waals surface area contributed by atoms with Gasteiger partial charge in [0.1, 0.15) is 0 Å². The van der Waals surface area contributed by atoms with E-state index in [9.17, 15) is 8.42 Å². The molecule has 0 fully saturated rings. The van der Waals surface area contributed by atoms with Crippen molar-refractivity contribution < 1.29 is 8.42 Å². The highest BCUT2D eigenvalue weighted by atomic mass is 32.2. The van der Waals surface area contributed by atoms with Crippen LogP contribution in [-0.2, 0) is 10.3 Å². The van der Waals surface area contributed by atoms with Gasteiger partial charge in [-0.2, -0.15) is 8.42 Å². The summed E-state index contributed by atoms with van der Waals surface area (Å²) in [6, 6.07) is 0. The Morgan fingerprint density at radius 1 is 1.62 bits per heavy atom. The summed E-state index contributed by atoms with van der Waals surface area (Å²) in [5, 5.41) is 2.31. The van der Waals surface area contributed by atoms with Gasteiger partial charge in [0.2, 0.25) is 10.3 Å². The zero-order valence-corrected chi connectivity index (χ0v) is 5.83. The highest BCUT2D eigenvalue weighted by molar-refractivity contribution is 7.71. The summed E-state index contributed by atoms with van der Waals surface area (Å²) in [5.74, 6) is 0.0633. The molecule has 3 heteroatoms. The Hall–Kier alpha value is -0.310. The van der Waals surface area contributed by atoms with E-state index in [1.54, 1.807) is 0 Å². The van der Waals surface area contributed by atoms with Crippen LogP contribution >= 0.6 is 0 Å². The first kappa shape index (κ1) is 7.69. The molecule has 0 heterocycles. The maximum Gasteiger partial charge on any atom is 0.218 e. The molecule has 0 N–H and O–H groups in total. The van der Waals surface area contributed by atoms with Crippen molar-refractivity contribution in [2.45, 2.75) is 20.3 Å². The minimum Gasteiger partial charge on any atom is -0.184 e. The molecule has 0 amide bonds. The van der Waals surface area contributed by atoms with Gasteiger partial charge in [-0.1, -0.05) is 13.8 Å². The van der Waals surface area contributed by atoms with E-state index in [1.807, 2.05) is 13.8 Å². The first-order chi connectivity index (χ1) is 3.66. The predicted octanol–water partition coefficient (Wildman–Crippen LogP) is 0.591. The lowest BCUT2D eigenvalue weighted by Crippen LogP contribution is -1.92. The lowest BCUT2D eigenvalue weighted by atomic mass is 10.2. The van der Waals surface area contributed by atoms with E-state index in [2.05, 4.69) is 5.37 Å². The fourth-order valence-electron chi connectivity index (χ4n) is 0.248. The van der Waals surface area contributed by atoms with Crippen LogP contribution in [-0.4, -0.2) is 13.8 Å². The lowest BCUT2D eigenvalue weighted by molar-refractivity contribution is 0.626. The molecule has 47 valence electrons. The summed E-state index contributed by atoms with van der Waals surface area (Å²) in [5.41, 5.74) is 0. The van der Waals surface area contributed by atoms with Crippen LogP contribution in [0.15, 0.2) is 0 Å². The summed E-state index contributed by atoms with van der Waals surface area (Å²) >= 11 is 0. The van der Waals surface area contributed by atoms with Crippen molar-refractivity contribution in [1.82, 2.24) is 0 Å². The molecule has 0 saturated carbocycles. The molecule has 0 aliphatic carbocycles. The molecule has 8 heavy (non-hydrogen) atoms. The van der Waals surface area contributed by atoms with E-state index in [-0.39, 0.29) is 5.92 Å². The molecule has 0 saturated heterocycles. The van der Waals surface area contributed by atoms with E-state index >= 15 is 0 Å². The molecule has 0 aromatic carbocycles. The van der Waals surface area contributed by atoms with Crippen LogP contribution in [0.4, 0.5) is 0 Å². The highest BCUT2D eigenvalue weighted by Crippen LogP contribution is 1.92. The van der Waals surface area contributed by atoms with Crippen LogP contribution in [0.5, 0.6) is 0 Å². The topological polar surface area (TPSA) is 34.1 Å². The molecule has 0 aromatic rings. The van der Waals surface area contributed by atoms with Gasteiger partial charge in [-0.05, 0) is 12.3 Å². The fraction of sp³-hybridized carbons (Fsp3) is 0.800. The lowest BCUT2D eigenvalue weighted by Gasteiger charge is -1.90. The van der Waals surface area contributed by atoms with Gasteiger partial charge in [0.25, 0.3) is 0 Å². The molecule has 2 nitrogen and oxygen atoms in total. The second kappa shape index (κ2) is 3.66. The van der Waals surface area contributed by atoms with Gasteiger partial charge in [0, 0.05) is 0 Å². The van der Waals surface area contributed by atoms with Crippen LogP contribution in [0.1, 0.15) is 20.3 Å². The molecule has 1 atom stereocenters. The van der Waals surface area contributed by atoms with Gasteiger partial charge in [-0.3, -0.25) is 0 Å². The summed E-state index contributed by atoms with van der Waals surface area (Å²) in [7, 11) is -2.10. The SMILES string of the molecule is CCC(C)[C]=S(=O)=O. The van der Waals surface area contributed by atoms with Gasteiger partial charge in [0.15, 0.2) is 0 Å². The van der Waals surface area contributed by atoms with Crippen LogP contribution in [0.2, 0.25) is 0 Å². The summed E-state index contributed by atoms with van der Waals surface area (Å²) in [6.07, 6.45) is 0.827. The minimum atomic E-state index is -2.10. The van der Waals surface area contributed by atoms with Gasteiger partial charge in [-0.15, -0.1) is 0 Å². The molecule has 1 radical (unpaired) electrons. The Balaban J connectivity index is 3.89. The predicted molar refractivity (Wildman–Crippen MR) is 33.4 cm³/mol. The quantitative estimate of drug-likeness (QED) is 0.517. The molecule has 1 unspecified atom stereocenters. The average Bonchev–Trinajstić information content (AvgIpc) is 1.65. The maximum absolute atomic E-state index is 9.86. The van der Waals surface area contributed by atoms with Gasteiger partial charge in [-0.25, -0.2) is 0 Å². The second-order valence-electron chi connectivity index (χ2n) is 1.66. The van der Waals surface area contributed by atoms with Crippen molar-refractivity contribution in [2.75, 3.05) is 0 Å². The smallest absolute Gasteiger partial charge is 0.184 e. The molecule has 0 spiro atoms. The minimum absolute atomic E-state index is 0.0633. The zero-order chi connectivity index (χ0) is 6.57. The van der Waals surface area contributed by atoms with Crippen LogP contribution in [0, 0.1) is 5.92 Å². The van der Waals surface area contributed by atoms with Crippen molar-refractivity contribution in [3.05, 3.63) is 0 Å². The molecular weight excluding hydrogens is 124 g/mol. The van der Waals surface area contributed by atoms with Crippen molar-refractivity contribution in [3.8, 4) is 0 Å². The van der Waals surface area contributed by atoms with Crippen LogP contribution in [0.25, 0.3) is 0 Å². The normalized spacial score (nSPS) is 12.8. The number of hydrogen-bond donors (Lipinski definition) is 0. The molecule has 0 bridgehead atoms. The number of rotatable bonds is 2. The molecular formula is C5H9O2S. The van der Waals surface area contributed by atoms with Crippen LogP contribution in [0.3, 0.4) is 0 Å². The fourth-order valence-corrected chi connectivity index (χ4v) is 0.743. The highest BCUT2D eigenvalue weighted by Gasteiger charge is 1.91. The third kappa shape index (κ3) is 3.87. The van der Waals surface area contributed by atoms with Crippen molar-refractivity contribution in [3.63, 3.8) is 0 Å². The number of hydrogen-bond acceptors (Lipinski definition) is 2. The van der Waals surface area contributed by atoms with E-state index < -0.39 is 10.3 Å². The molecule has 0 aliphatic rings. The largest absolute Gasteiger partial charge is 0.218 e. The Labute approximate surface area is 51.1 Å². The zero-order valence-electron chi connectivity index (χ0n) is 5.01. The van der Waals surface area contributed by atoms with E-state index in [0.717, 1.165) is 6.42 Å². The maximum atomic E-state index is 9.86. The van der Waals surface area contributed by atoms with Crippen LogP contribution < -0.4 is 0 Å². The Bertz CT molecular complexity index is 159. The van der Waals surface area contributed by atoms with Gasteiger partial charge in [0.05, 0.1) is 5.37 Å². The first-order valence-corrected chi connectivity index (χ1v) is 3.59. The van der Waals surface area contributed by atoms with Crippen molar-refractivity contribution in [2.24, 2.45) is 5.92 Å². The average molecular weight is 133 g/mol. The molecule has 0 aliphatic heterocycles.